The summed E-state index contributed by atoms with van der Waals surface area (Å²) in [6.45, 7) is 0. The lowest BCUT2D eigenvalue weighted by Gasteiger charge is -2.16. The molecule has 98 valence electrons. The van der Waals surface area contributed by atoms with Gasteiger partial charge in [-0.05, 0) is 17.7 Å². The van der Waals surface area contributed by atoms with Gasteiger partial charge in [0, 0.05) is 24.4 Å². The second kappa shape index (κ2) is 6.78. The SMILES string of the molecule is CON[C@@H](CC(=O)c1ccccc1)c1ccncc1. The topological polar surface area (TPSA) is 51.2 Å². The normalized spacial score (nSPS) is 12.1. The highest BCUT2D eigenvalue weighted by molar-refractivity contribution is 5.96. The smallest absolute Gasteiger partial charge is 0.164 e. The molecule has 1 N–H and O–H groups in total. The van der Waals surface area contributed by atoms with Crippen molar-refractivity contribution in [1.82, 2.24) is 10.5 Å². The molecule has 4 heteroatoms. The Balaban J connectivity index is 2.11. The monoisotopic (exact) mass is 256 g/mol. The average Bonchev–Trinajstić information content (AvgIpc) is 2.48. The van der Waals surface area contributed by atoms with E-state index in [0.29, 0.717) is 12.0 Å². The number of aromatic nitrogens is 1. The number of carbonyl (C=O) groups excluding carboxylic acids is 1. The van der Waals surface area contributed by atoms with Crippen LogP contribution in [0.5, 0.6) is 0 Å². The first-order valence-corrected chi connectivity index (χ1v) is 6.08. The van der Waals surface area contributed by atoms with E-state index >= 15 is 0 Å². The molecule has 0 aliphatic carbocycles. The number of benzene rings is 1. The summed E-state index contributed by atoms with van der Waals surface area (Å²) in [7, 11) is 1.54. The second-order valence-electron chi connectivity index (χ2n) is 4.15. The van der Waals surface area contributed by atoms with Crippen LogP contribution in [-0.4, -0.2) is 17.9 Å². The molecular weight excluding hydrogens is 240 g/mol. The fraction of sp³-hybridized carbons (Fsp3) is 0.200. The molecule has 0 radical (unpaired) electrons. The summed E-state index contributed by atoms with van der Waals surface area (Å²) >= 11 is 0. The molecule has 4 nitrogen and oxygen atoms in total. The summed E-state index contributed by atoms with van der Waals surface area (Å²) in [5.74, 6) is 0.0759. The predicted octanol–water partition coefficient (Wildman–Crippen LogP) is 2.55. The maximum Gasteiger partial charge on any atom is 0.164 e. The molecule has 0 aliphatic heterocycles. The highest BCUT2D eigenvalue weighted by atomic mass is 16.6. The molecule has 0 unspecified atom stereocenters. The first-order chi connectivity index (χ1) is 9.31. The van der Waals surface area contributed by atoms with Crippen molar-refractivity contribution in [3.63, 3.8) is 0 Å². The highest BCUT2D eigenvalue weighted by Crippen LogP contribution is 2.18. The number of hydroxylamine groups is 1. The Kier molecular flexibility index (Phi) is 4.78. The first kappa shape index (κ1) is 13.4. The largest absolute Gasteiger partial charge is 0.305 e. The van der Waals surface area contributed by atoms with E-state index in [-0.39, 0.29) is 11.8 Å². The molecule has 1 aromatic carbocycles. The summed E-state index contributed by atoms with van der Waals surface area (Å²) in [5.41, 5.74) is 4.53. The quantitative estimate of drug-likeness (QED) is 0.637. The predicted molar refractivity (Wildman–Crippen MR) is 72.5 cm³/mol. The van der Waals surface area contributed by atoms with E-state index in [0.717, 1.165) is 5.56 Å². The van der Waals surface area contributed by atoms with E-state index in [4.69, 9.17) is 4.84 Å². The molecule has 0 saturated heterocycles. The van der Waals surface area contributed by atoms with Crippen molar-refractivity contribution in [3.8, 4) is 0 Å². The first-order valence-electron chi connectivity index (χ1n) is 6.08. The molecule has 2 aromatic rings. The summed E-state index contributed by atoms with van der Waals surface area (Å²) in [6, 6.07) is 12.8. The van der Waals surface area contributed by atoms with Gasteiger partial charge in [-0.1, -0.05) is 30.3 Å². The standard InChI is InChI=1S/C15H16N2O2/c1-19-17-14(12-7-9-16-10-8-12)11-15(18)13-5-3-2-4-6-13/h2-10,14,17H,11H2,1H3/t14-/m0/s1. The fourth-order valence-electron chi connectivity index (χ4n) is 1.89. The number of Topliss-reactive ketones (excluding diaryl/α,β-unsaturated/α-hetero) is 1. The molecule has 0 fully saturated rings. The van der Waals surface area contributed by atoms with E-state index < -0.39 is 0 Å². The Morgan fingerprint density at radius 3 is 2.53 bits per heavy atom. The van der Waals surface area contributed by atoms with Crippen LogP contribution < -0.4 is 5.48 Å². The molecule has 0 spiro atoms. The summed E-state index contributed by atoms with van der Waals surface area (Å²) < 4.78 is 0. The number of nitrogens with one attached hydrogen (secondary N) is 1. The minimum Gasteiger partial charge on any atom is -0.305 e. The van der Waals surface area contributed by atoms with Gasteiger partial charge >= 0.3 is 0 Å². The van der Waals surface area contributed by atoms with Gasteiger partial charge in [-0.3, -0.25) is 9.78 Å². The van der Waals surface area contributed by atoms with Crippen LogP contribution in [-0.2, 0) is 4.84 Å². The molecule has 19 heavy (non-hydrogen) atoms. The van der Waals surface area contributed by atoms with E-state index in [1.807, 2.05) is 42.5 Å². The van der Waals surface area contributed by atoms with Crippen molar-refractivity contribution in [1.29, 1.82) is 0 Å². The number of nitrogens with zero attached hydrogens (tertiary/aromatic N) is 1. The number of hydrogen-bond donors (Lipinski definition) is 1. The average molecular weight is 256 g/mol. The van der Waals surface area contributed by atoms with Gasteiger partial charge in [-0.15, -0.1) is 0 Å². The molecule has 1 heterocycles. The number of rotatable bonds is 6. The van der Waals surface area contributed by atoms with Crippen molar-refractivity contribution in [2.24, 2.45) is 0 Å². The lowest BCUT2D eigenvalue weighted by atomic mass is 9.99. The van der Waals surface area contributed by atoms with Crippen LogP contribution in [0, 0.1) is 0 Å². The Hall–Kier alpha value is -2.04. The summed E-state index contributed by atoms with van der Waals surface area (Å²) in [4.78, 5) is 21.1. The lowest BCUT2D eigenvalue weighted by Crippen LogP contribution is -2.23. The van der Waals surface area contributed by atoms with Crippen LogP contribution in [0.2, 0.25) is 0 Å². The molecule has 0 amide bonds. The van der Waals surface area contributed by atoms with Gasteiger partial charge in [-0.2, -0.15) is 5.48 Å². The van der Waals surface area contributed by atoms with E-state index in [1.165, 1.54) is 0 Å². The van der Waals surface area contributed by atoms with Crippen molar-refractivity contribution in [2.45, 2.75) is 12.5 Å². The van der Waals surface area contributed by atoms with Crippen LogP contribution in [0.25, 0.3) is 0 Å². The summed E-state index contributed by atoms with van der Waals surface area (Å²) in [5, 5.41) is 0. The second-order valence-corrected chi connectivity index (χ2v) is 4.15. The molecule has 1 aromatic heterocycles. The van der Waals surface area contributed by atoms with Crippen LogP contribution in [0.1, 0.15) is 28.4 Å². The third-order valence-electron chi connectivity index (χ3n) is 2.85. The zero-order valence-electron chi connectivity index (χ0n) is 10.7. The van der Waals surface area contributed by atoms with Crippen LogP contribution in [0.3, 0.4) is 0 Å². The van der Waals surface area contributed by atoms with E-state index in [9.17, 15) is 4.79 Å². The van der Waals surface area contributed by atoms with Crippen LogP contribution >= 0.6 is 0 Å². The third kappa shape index (κ3) is 3.71. The number of hydrogen-bond acceptors (Lipinski definition) is 4. The van der Waals surface area contributed by atoms with Crippen molar-refractivity contribution >= 4 is 5.78 Å². The van der Waals surface area contributed by atoms with Gasteiger partial charge in [0.25, 0.3) is 0 Å². The Morgan fingerprint density at radius 2 is 1.89 bits per heavy atom. The molecule has 0 saturated carbocycles. The molecule has 0 aliphatic rings. The molecule has 1 atom stereocenters. The molecule has 2 rings (SSSR count). The van der Waals surface area contributed by atoms with Crippen LogP contribution in [0.4, 0.5) is 0 Å². The van der Waals surface area contributed by atoms with Gasteiger partial charge in [0.1, 0.15) is 0 Å². The van der Waals surface area contributed by atoms with Crippen molar-refractivity contribution in [3.05, 3.63) is 66.0 Å². The van der Waals surface area contributed by atoms with Crippen LogP contribution in [0.15, 0.2) is 54.9 Å². The molecular formula is C15H16N2O2. The Labute approximate surface area is 112 Å². The third-order valence-corrected chi connectivity index (χ3v) is 2.85. The minimum absolute atomic E-state index is 0.0759. The van der Waals surface area contributed by atoms with Gasteiger partial charge in [0.2, 0.25) is 0 Å². The van der Waals surface area contributed by atoms with Gasteiger partial charge < -0.3 is 4.84 Å². The zero-order chi connectivity index (χ0) is 13.5. The lowest BCUT2D eigenvalue weighted by molar-refractivity contribution is 0.0545. The maximum absolute atomic E-state index is 12.2. The maximum atomic E-state index is 12.2. The highest BCUT2D eigenvalue weighted by Gasteiger charge is 2.16. The number of ketones is 1. The van der Waals surface area contributed by atoms with Gasteiger partial charge in [-0.25, -0.2) is 0 Å². The van der Waals surface area contributed by atoms with Gasteiger partial charge in [0.15, 0.2) is 5.78 Å². The number of pyridine rings is 1. The molecule has 0 bridgehead atoms. The Bertz CT molecular complexity index is 514. The van der Waals surface area contributed by atoms with E-state index in [2.05, 4.69) is 10.5 Å². The Morgan fingerprint density at radius 1 is 1.21 bits per heavy atom. The summed E-state index contributed by atoms with van der Waals surface area (Å²) in [6.07, 6.45) is 3.74. The fourth-order valence-corrected chi connectivity index (χ4v) is 1.89. The van der Waals surface area contributed by atoms with Crippen molar-refractivity contribution < 1.29 is 9.63 Å². The van der Waals surface area contributed by atoms with Gasteiger partial charge in [0.05, 0.1) is 13.2 Å². The zero-order valence-corrected chi connectivity index (χ0v) is 10.7. The number of carbonyl (C=O) groups is 1. The van der Waals surface area contributed by atoms with Crippen molar-refractivity contribution in [2.75, 3.05) is 7.11 Å². The van der Waals surface area contributed by atoms with E-state index in [1.54, 1.807) is 19.5 Å². The minimum atomic E-state index is -0.180.